The van der Waals surface area contributed by atoms with Gasteiger partial charge in [-0.05, 0) is 31.9 Å². The van der Waals surface area contributed by atoms with Crippen LogP contribution >= 0.6 is 0 Å². The standard InChI is InChI=1S/C8H12NO.C6H11NO.C2H6/c1-3-8-4-6-9(10-2)7-5-8;1-4-6(8)7-5(2)3;1-2/h4-7H,3H2,1-2H3;4-5H,1H2,2-3H3,(H,7,8);1-2H3/q+1;;. The van der Waals surface area contributed by atoms with Gasteiger partial charge in [-0.1, -0.05) is 27.4 Å². The van der Waals surface area contributed by atoms with Crippen LogP contribution in [0.25, 0.3) is 0 Å². The van der Waals surface area contributed by atoms with E-state index in [1.54, 1.807) is 11.8 Å². The lowest BCUT2D eigenvalue weighted by Gasteiger charge is -2.02. The molecule has 1 heterocycles. The van der Waals surface area contributed by atoms with E-state index in [9.17, 15) is 4.79 Å². The molecule has 0 saturated carbocycles. The van der Waals surface area contributed by atoms with E-state index in [4.69, 9.17) is 4.84 Å². The molecule has 0 aromatic carbocycles. The molecular weight excluding hydrogens is 252 g/mol. The molecule has 0 saturated heterocycles. The predicted molar refractivity (Wildman–Crippen MR) is 83.3 cm³/mol. The molecular formula is C16H29N2O2+. The van der Waals surface area contributed by atoms with Crippen LogP contribution in [0, 0.1) is 0 Å². The molecule has 0 fully saturated rings. The molecule has 4 nitrogen and oxygen atoms in total. The van der Waals surface area contributed by atoms with E-state index >= 15 is 0 Å². The summed E-state index contributed by atoms with van der Waals surface area (Å²) in [5, 5.41) is 2.64. The minimum absolute atomic E-state index is 0.111. The van der Waals surface area contributed by atoms with E-state index in [-0.39, 0.29) is 11.9 Å². The average molecular weight is 281 g/mol. The zero-order valence-electron chi connectivity index (χ0n) is 13.6. The molecule has 0 bridgehead atoms. The van der Waals surface area contributed by atoms with Crippen molar-refractivity contribution in [1.29, 1.82) is 0 Å². The zero-order valence-corrected chi connectivity index (χ0v) is 13.6. The van der Waals surface area contributed by atoms with E-state index in [1.807, 2.05) is 52.2 Å². The van der Waals surface area contributed by atoms with Crippen molar-refractivity contribution in [2.45, 2.75) is 47.1 Å². The Morgan fingerprint density at radius 2 is 1.90 bits per heavy atom. The summed E-state index contributed by atoms with van der Waals surface area (Å²) in [4.78, 5) is 15.3. The lowest BCUT2D eigenvalue weighted by Crippen LogP contribution is -2.39. The summed E-state index contributed by atoms with van der Waals surface area (Å²) >= 11 is 0. The van der Waals surface area contributed by atoms with Crippen molar-refractivity contribution in [2.75, 3.05) is 7.11 Å². The summed E-state index contributed by atoms with van der Waals surface area (Å²) in [5.74, 6) is -0.111. The van der Waals surface area contributed by atoms with Gasteiger partial charge in [0, 0.05) is 22.9 Å². The molecule has 0 radical (unpaired) electrons. The van der Waals surface area contributed by atoms with Gasteiger partial charge in [0.2, 0.25) is 18.3 Å². The van der Waals surface area contributed by atoms with Crippen molar-refractivity contribution in [1.82, 2.24) is 5.32 Å². The lowest BCUT2D eigenvalue weighted by molar-refractivity contribution is -0.885. The van der Waals surface area contributed by atoms with Crippen LogP contribution in [0.4, 0.5) is 0 Å². The SMILES string of the molecule is C=CC(=O)NC(C)C.CC.CCc1cc[n+](OC)cc1. The van der Waals surface area contributed by atoms with Gasteiger partial charge in [0.15, 0.2) is 0 Å². The predicted octanol–water partition coefficient (Wildman–Crippen LogP) is 2.32. The van der Waals surface area contributed by atoms with Crippen LogP contribution in [0.3, 0.4) is 0 Å². The van der Waals surface area contributed by atoms with Gasteiger partial charge in [-0.3, -0.25) is 9.63 Å². The monoisotopic (exact) mass is 281 g/mol. The highest BCUT2D eigenvalue weighted by Crippen LogP contribution is 1.93. The Morgan fingerprint density at radius 3 is 2.15 bits per heavy atom. The number of carbonyl (C=O) groups is 1. The Morgan fingerprint density at radius 1 is 1.40 bits per heavy atom. The summed E-state index contributed by atoms with van der Waals surface area (Å²) in [6.45, 7) is 13.2. The van der Waals surface area contributed by atoms with Crippen molar-refractivity contribution in [2.24, 2.45) is 0 Å². The molecule has 0 unspecified atom stereocenters. The number of aromatic nitrogens is 1. The number of carbonyl (C=O) groups excluding carboxylic acids is 1. The Balaban J connectivity index is 0. The number of nitrogens with one attached hydrogen (secondary N) is 1. The minimum atomic E-state index is -0.111. The number of pyridine rings is 1. The third-order valence-electron chi connectivity index (χ3n) is 2.11. The van der Waals surface area contributed by atoms with Gasteiger partial charge in [0.1, 0.15) is 7.11 Å². The molecule has 1 amide bonds. The summed E-state index contributed by atoms with van der Waals surface area (Å²) < 4.78 is 1.67. The highest BCUT2D eigenvalue weighted by atomic mass is 16.6. The Hall–Kier alpha value is -1.84. The molecule has 0 atom stereocenters. The first-order valence-corrected chi connectivity index (χ1v) is 7.01. The molecule has 1 rings (SSSR count). The molecule has 0 spiro atoms. The summed E-state index contributed by atoms with van der Waals surface area (Å²) in [7, 11) is 1.64. The van der Waals surface area contributed by atoms with E-state index in [0.29, 0.717) is 0 Å². The number of aryl methyl sites for hydroxylation is 1. The molecule has 1 aromatic rings. The Bertz CT molecular complexity index is 336. The molecule has 4 heteroatoms. The number of rotatable bonds is 4. The average Bonchev–Trinajstić information content (AvgIpc) is 2.49. The second kappa shape index (κ2) is 13.6. The van der Waals surface area contributed by atoms with Crippen molar-refractivity contribution in [3.8, 4) is 0 Å². The number of hydrogen-bond donors (Lipinski definition) is 1. The maximum absolute atomic E-state index is 10.4. The third kappa shape index (κ3) is 11.3. The van der Waals surface area contributed by atoms with Crippen LogP contribution in [0.5, 0.6) is 0 Å². The molecule has 0 aliphatic heterocycles. The molecule has 1 N–H and O–H groups in total. The molecule has 20 heavy (non-hydrogen) atoms. The van der Waals surface area contributed by atoms with Gasteiger partial charge < -0.3 is 5.32 Å². The lowest BCUT2D eigenvalue weighted by atomic mass is 10.2. The fourth-order valence-corrected chi connectivity index (χ4v) is 1.14. The second-order valence-corrected chi connectivity index (χ2v) is 3.97. The van der Waals surface area contributed by atoms with Crippen LogP contribution in [-0.4, -0.2) is 19.1 Å². The van der Waals surface area contributed by atoms with Crippen molar-refractivity contribution >= 4 is 5.91 Å². The second-order valence-electron chi connectivity index (χ2n) is 3.97. The highest BCUT2D eigenvalue weighted by molar-refractivity contribution is 5.86. The largest absolute Gasteiger partial charge is 0.350 e. The van der Waals surface area contributed by atoms with E-state index in [2.05, 4.69) is 18.8 Å². The van der Waals surface area contributed by atoms with Gasteiger partial charge in [0.25, 0.3) is 0 Å². The zero-order chi connectivity index (χ0) is 16.0. The first-order valence-electron chi connectivity index (χ1n) is 7.01. The maximum Gasteiger partial charge on any atom is 0.243 e. The van der Waals surface area contributed by atoms with Crippen LogP contribution in [0.1, 0.15) is 40.2 Å². The van der Waals surface area contributed by atoms with Gasteiger partial charge in [-0.2, -0.15) is 0 Å². The van der Waals surface area contributed by atoms with Gasteiger partial charge in [0.05, 0.1) is 0 Å². The van der Waals surface area contributed by atoms with Crippen molar-refractivity contribution in [3.05, 3.63) is 42.7 Å². The quantitative estimate of drug-likeness (QED) is 0.680. The van der Waals surface area contributed by atoms with Crippen LogP contribution in [-0.2, 0) is 11.2 Å². The van der Waals surface area contributed by atoms with Crippen LogP contribution in [0.2, 0.25) is 0 Å². The minimum Gasteiger partial charge on any atom is -0.350 e. The topological polar surface area (TPSA) is 42.2 Å². The van der Waals surface area contributed by atoms with Gasteiger partial charge in [-0.15, -0.1) is 0 Å². The summed E-state index contributed by atoms with van der Waals surface area (Å²) in [5.41, 5.74) is 1.33. The van der Waals surface area contributed by atoms with E-state index < -0.39 is 0 Å². The van der Waals surface area contributed by atoms with Crippen LogP contribution in [0.15, 0.2) is 37.2 Å². The Labute approximate surface area is 123 Å². The normalized spacial score (nSPS) is 8.55. The number of amides is 1. The summed E-state index contributed by atoms with van der Waals surface area (Å²) in [6.07, 6.45) is 6.14. The molecule has 1 aromatic heterocycles. The van der Waals surface area contributed by atoms with Crippen molar-refractivity contribution in [3.63, 3.8) is 0 Å². The fourth-order valence-electron chi connectivity index (χ4n) is 1.14. The first-order chi connectivity index (χ1) is 9.53. The highest BCUT2D eigenvalue weighted by Gasteiger charge is 1.95. The van der Waals surface area contributed by atoms with Gasteiger partial charge in [-0.25, -0.2) is 0 Å². The third-order valence-corrected chi connectivity index (χ3v) is 2.11. The smallest absolute Gasteiger partial charge is 0.243 e. The summed E-state index contributed by atoms with van der Waals surface area (Å²) in [6, 6.07) is 4.30. The fraction of sp³-hybridized carbons (Fsp3) is 0.500. The number of nitrogens with zero attached hydrogens (tertiary/aromatic N) is 1. The van der Waals surface area contributed by atoms with Crippen LogP contribution < -0.4 is 14.9 Å². The Kier molecular flexibility index (Phi) is 13.9. The number of hydrogen-bond acceptors (Lipinski definition) is 2. The maximum atomic E-state index is 10.4. The molecule has 0 aliphatic carbocycles. The van der Waals surface area contributed by atoms with Gasteiger partial charge >= 0.3 is 0 Å². The van der Waals surface area contributed by atoms with E-state index in [1.165, 1.54) is 11.6 Å². The molecule has 114 valence electrons. The molecule has 0 aliphatic rings. The van der Waals surface area contributed by atoms with Crippen molar-refractivity contribution < 1.29 is 14.4 Å². The van der Waals surface area contributed by atoms with E-state index in [0.717, 1.165) is 6.42 Å². The first kappa shape index (κ1) is 20.5.